The highest BCUT2D eigenvalue weighted by molar-refractivity contribution is 5.90. The molecule has 0 radical (unpaired) electrons. The lowest BCUT2D eigenvalue weighted by Crippen LogP contribution is -2.11. The predicted octanol–water partition coefficient (Wildman–Crippen LogP) is 3.06. The van der Waals surface area contributed by atoms with E-state index in [1.165, 1.54) is 0 Å². The third kappa shape index (κ3) is 6.78. The monoisotopic (exact) mass is 279 g/mol. The summed E-state index contributed by atoms with van der Waals surface area (Å²) < 4.78 is 5.52. The Balaban J connectivity index is 2.33. The van der Waals surface area contributed by atoms with E-state index in [1.807, 2.05) is 12.1 Å². The van der Waals surface area contributed by atoms with Gasteiger partial charge in [-0.25, -0.2) is 0 Å². The first kappa shape index (κ1) is 16.0. The molecule has 20 heavy (non-hydrogen) atoms. The second-order valence-corrected chi connectivity index (χ2v) is 4.52. The second-order valence-electron chi connectivity index (χ2n) is 4.52. The highest BCUT2D eigenvalue weighted by Gasteiger charge is 2.04. The molecule has 0 aliphatic carbocycles. The minimum absolute atomic E-state index is 0.0115. The van der Waals surface area contributed by atoms with E-state index >= 15 is 0 Å². The summed E-state index contributed by atoms with van der Waals surface area (Å²) in [6.45, 7) is 2.80. The Labute approximate surface area is 118 Å². The van der Waals surface area contributed by atoms with E-state index in [9.17, 15) is 9.59 Å². The SMILES string of the molecule is CCCCOc1ccc(NC(=O)CCCC(=O)O)cc1. The molecule has 0 heterocycles. The molecule has 110 valence electrons. The Bertz CT molecular complexity index is 428. The number of ether oxygens (including phenoxy) is 1. The van der Waals surface area contributed by atoms with E-state index in [4.69, 9.17) is 9.84 Å². The van der Waals surface area contributed by atoms with E-state index < -0.39 is 5.97 Å². The van der Waals surface area contributed by atoms with Crippen LogP contribution in [0, 0.1) is 0 Å². The zero-order valence-corrected chi connectivity index (χ0v) is 11.7. The van der Waals surface area contributed by atoms with Gasteiger partial charge in [-0.05, 0) is 37.1 Å². The van der Waals surface area contributed by atoms with Crippen LogP contribution in [0.5, 0.6) is 5.75 Å². The van der Waals surface area contributed by atoms with Crippen molar-refractivity contribution < 1.29 is 19.4 Å². The molecule has 0 atom stereocenters. The molecule has 5 nitrogen and oxygen atoms in total. The number of unbranched alkanes of at least 4 members (excludes halogenated alkanes) is 1. The molecule has 0 fully saturated rings. The number of hydrogen-bond acceptors (Lipinski definition) is 3. The molecular formula is C15H21NO4. The molecule has 1 aromatic carbocycles. The van der Waals surface area contributed by atoms with Gasteiger partial charge in [0.1, 0.15) is 5.75 Å². The number of benzene rings is 1. The maximum atomic E-state index is 11.6. The van der Waals surface area contributed by atoms with E-state index in [2.05, 4.69) is 12.2 Å². The van der Waals surface area contributed by atoms with Crippen molar-refractivity contribution in [1.29, 1.82) is 0 Å². The van der Waals surface area contributed by atoms with Crippen LogP contribution in [0.4, 0.5) is 5.69 Å². The van der Waals surface area contributed by atoms with Crippen molar-refractivity contribution in [2.24, 2.45) is 0 Å². The Morgan fingerprint density at radius 2 is 1.85 bits per heavy atom. The van der Waals surface area contributed by atoms with Crippen molar-refractivity contribution in [3.05, 3.63) is 24.3 Å². The lowest BCUT2D eigenvalue weighted by Gasteiger charge is -2.07. The van der Waals surface area contributed by atoms with Gasteiger partial charge in [-0.1, -0.05) is 13.3 Å². The largest absolute Gasteiger partial charge is 0.494 e. The number of carboxylic acid groups (broad SMARTS) is 1. The molecule has 0 saturated carbocycles. The number of nitrogens with one attached hydrogen (secondary N) is 1. The number of carbonyl (C=O) groups is 2. The maximum absolute atomic E-state index is 11.6. The molecule has 0 aliphatic rings. The first-order chi connectivity index (χ1) is 9.61. The average molecular weight is 279 g/mol. The third-order valence-corrected chi connectivity index (χ3v) is 2.70. The van der Waals surface area contributed by atoms with Crippen molar-refractivity contribution in [2.75, 3.05) is 11.9 Å². The van der Waals surface area contributed by atoms with E-state index in [0.717, 1.165) is 18.6 Å². The average Bonchev–Trinajstić information content (AvgIpc) is 2.40. The van der Waals surface area contributed by atoms with Crippen LogP contribution < -0.4 is 10.1 Å². The lowest BCUT2D eigenvalue weighted by molar-refractivity contribution is -0.137. The molecule has 1 aromatic rings. The Morgan fingerprint density at radius 3 is 2.45 bits per heavy atom. The number of rotatable bonds is 9. The quantitative estimate of drug-likeness (QED) is 0.681. The fourth-order valence-electron chi connectivity index (χ4n) is 1.59. The summed E-state index contributed by atoms with van der Waals surface area (Å²) in [6, 6.07) is 7.16. The molecule has 0 spiro atoms. The molecule has 0 unspecified atom stereocenters. The normalized spacial score (nSPS) is 10.1. The predicted molar refractivity (Wildman–Crippen MR) is 77.0 cm³/mol. The van der Waals surface area contributed by atoms with Crippen LogP contribution in [0.1, 0.15) is 39.0 Å². The van der Waals surface area contributed by atoms with Crippen molar-refractivity contribution in [3.8, 4) is 5.75 Å². The van der Waals surface area contributed by atoms with Gasteiger partial charge in [-0.2, -0.15) is 0 Å². The standard InChI is InChI=1S/C15H21NO4/c1-2-3-11-20-13-9-7-12(8-10-13)16-14(17)5-4-6-15(18)19/h7-10H,2-6,11H2,1H3,(H,16,17)(H,18,19). The van der Waals surface area contributed by atoms with E-state index in [0.29, 0.717) is 18.7 Å². The van der Waals surface area contributed by atoms with Crippen molar-refractivity contribution in [3.63, 3.8) is 0 Å². The molecular weight excluding hydrogens is 258 g/mol. The van der Waals surface area contributed by atoms with Gasteiger partial charge in [0.2, 0.25) is 5.91 Å². The fraction of sp³-hybridized carbons (Fsp3) is 0.467. The highest BCUT2D eigenvalue weighted by atomic mass is 16.5. The smallest absolute Gasteiger partial charge is 0.303 e. The Kier molecular flexibility index (Phi) is 7.17. The molecule has 0 saturated heterocycles. The van der Waals surface area contributed by atoms with E-state index in [1.54, 1.807) is 12.1 Å². The summed E-state index contributed by atoms with van der Waals surface area (Å²) in [5.41, 5.74) is 0.688. The van der Waals surface area contributed by atoms with Crippen molar-refractivity contribution >= 4 is 17.6 Å². The number of aliphatic carboxylic acids is 1. The van der Waals surface area contributed by atoms with Crippen LogP contribution in [-0.2, 0) is 9.59 Å². The maximum Gasteiger partial charge on any atom is 0.303 e. The molecule has 0 aromatic heterocycles. The fourth-order valence-corrected chi connectivity index (χ4v) is 1.59. The molecule has 0 aliphatic heterocycles. The van der Waals surface area contributed by atoms with Gasteiger partial charge < -0.3 is 15.2 Å². The zero-order valence-electron chi connectivity index (χ0n) is 11.7. The van der Waals surface area contributed by atoms with Crippen LogP contribution in [0.2, 0.25) is 0 Å². The first-order valence-electron chi connectivity index (χ1n) is 6.86. The summed E-state index contributed by atoms with van der Waals surface area (Å²) in [5, 5.41) is 11.2. The lowest BCUT2D eigenvalue weighted by atomic mass is 10.2. The molecule has 1 amide bonds. The van der Waals surface area contributed by atoms with Crippen LogP contribution in [0.15, 0.2) is 24.3 Å². The topological polar surface area (TPSA) is 75.6 Å². The molecule has 2 N–H and O–H groups in total. The third-order valence-electron chi connectivity index (χ3n) is 2.70. The van der Waals surface area contributed by atoms with E-state index in [-0.39, 0.29) is 18.7 Å². The van der Waals surface area contributed by atoms with Crippen LogP contribution in [-0.4, -0.2) is 23.6 Å². The summed E-state index contributed by atoms with van der Waals surface area (Å²) in [5.74, 6) is -0.278. The van der Waals surface area contributed by atoms with Gasteiger partial charge in [0.15, 0.2) is 0 Å². The number of amides is 1. The highest BCUT2D eigenvalue weighted by Crippen LogP contribution is 2.16. The number of anilines is 1. The minimum Gasteiger partial charge on any atom is -0.494 e. The number of carboxylic acids is 1. The van der Waals surface area contributed by atoms with Gasteiger partial charge in [0.05, 0.1) is 6.61 Å². The number of carbonyl (C=O) groups excluding carboxylic acids is 1. The zero-order chi connectivity index (χ0) is 14.8. The number of hydrogen-bond donors (Lipinski definition) is 2. The van der Waals surface area contributed by atoms with Gasteiger partial charge in [0, 0.05) is 18.5 Å². The van der Waals surface area contributed by atoms with Gasteiger partial charge in [-0.15, -0.1) is 0 Å². The second kappa shape index (κ2) is 8.96. The molecule has 5 heteroatoms. The van der Waals surface area contributed by atoms with Crippen molar-refractivity contribution in [1.82, 2.24) is 0 Å². The van der Waals surface area contributed by atoms with Gasteiger partial charge >= 0.3 is 5.97 Å². The van der Waals surface area contributed by atoms with Crippen LogP contribution in [0.25, 0.3) is 0 Å². The minimum atomic E-state index is -0.883. The summed E-state index contributed by atoms with van der Waals surface area (Å²) in [7, 11) is 0. The van der Waals surface area contributed by atoms with Crippen molar-refractivity contribution in [2.45, 2.75) is 39.0 Å². The summed E-state index contributed by atoms with van der Waals surface area (Å²) >= 11 is 0. The van der Waals surface area contributed by atoms with Gasteiger partial charge in [-0.3, -0.25) is 9.59 Å². The molecule has 0 bridgehead atoms. The Morgan fingerprint density at radius 1 is 1.15 bits per heavy atom. The van der Waals surface area contributed by atoms with Gasteiger partial charge in [0.25, 0.3) is 0 Å². The molecule has 1 rings (SSSR count). The first-order valence-corrected chi connectivity index (χ1v) is 6.86. The Hall–Kier alpha value is -2.04. The summed E-state index contributed by atoms with van der Waals surface area (Å²) in [4.78, 5) is 21.9. The summed E-state index contributed by atoms with van der Waals surface area (Å²) in [6.07, 6.45) is 2.67. The van der Waals surface area contributed by atoms with Crippen LogP contribution >= 0.6 is 0 Å². The van der Waals surface area contributed by atoms with Crippen LogP contribution in [0.3, 0.4) is 0 Å².